The molecule has 0 amide bonds. The van der Waals surface area contributed by atoms with Crippen molar-refractivity contribution < 1.29 is 0 Å². The van der Waals surface area contributed by atoms with Gasteiger partial charge >= 0.3 is 0 Å². The van der Waals surface area contributed by atoms with E-state index in [2.05, 4.69) is 43.0 Å². The average Bonchev–Trinajstić information content (AvgIpc) is 2.59. The second-order valence-electron chi connectivity index (χ2n) is 6.63. The molecule has 1 aromatic carbocycles. The number of hydrogen-bond donors (Lipinski definition) is 0. The molecule has 0 N–H and O–H groups in total. The summed E-state index contributed by atoms with van der Waals surface area (Å²) in [7, 11) is 0. The molecule has 0 atom stereocenters. The molecule has 23 heavy (non-hydrogen) atoms. The van der Waals surface area contributed by atoms with Crippen molar-refractivity contribution in [3.05, 3.63) is 36.1 Å². The fraction of sp³-hybridized carbons (Fsp3) is 0.682. The van der Waals surface area contributed by atoms with Gasteiger partial charge in [-0.25, -0.2) is 0 Å². The molecule has 0 aliphatic rings. The lowest BCUT2D eigenvalue weighted by molar-refractivity contribution is 0.540. The maximum absolute atomic E-state index is 2.37. The predicted octanol–water partition coefficient (Wildman–Crippen LogP) is 8.42. The normalized spacial score (nSPS) is 11.0. The zero-order chi connectivity index (χ0) is 16.4. The molecule has 1 aromatic rings. The van der Waals surface area contributed by atoms with Crippen LogP contribution in [0, 0.1) is 5.75 Å². The number of unbranched alkanes of at least 4 members (excludes halogenated alkanes) is 13. The fourth-order valence-corrected chi connectivity index (χ4v) is 3.69. The van der Waals surface area contributed by atoms with E-state index in [0.29, 0.717) is 0 Å². The number of hydrogen-bond acceptors (Lipinski definition) is 1. The second-order valence-corrected chi connectivity index (χ2v) is 7.67. The molecule has 0 nitrogen and oxygen atoms in total. The topological polar surface area (TPSA) is 0 Å². The largest absolute Gasteiger partial charge is 0.122 e. The van der Waals surface area contributed by atoms with Crippen molar-refractivity contribution in [1.82, 2.24) is 0 Å². The summed E-state index contributed by atoms with van der Waals surface area (Å²) in [5.41, 5.74) is 0. The Bertz CT molecular complexity index is 333. The van der Waals surface area contributed by atoms with Crippen molar-refractivity contribution in [3.8, 4) is 0 Å². The van der Waals surface area contributed by atoms with Crippen molar-refractivity contribution in [2.45, 2.75) is 102 Å². The summed E-state index contributed by atoms with van der Waals surface area (Å²) in [6.07, 6.45) is 19.9. The predicted molar refractivity (Wildman–Crippen MR) is 107 cm³/mol. The van der Waals surface area contributed by atoms with E-state index in [1.807, 2.05) is 11.8 Å². The van der Waals surface area contributed by atoms with Crippen LogP contribution in [0.2, 0.25) is 0 Å². The Labute approximate surface area is 149 Å². The maximum Gasteiger partial charge on any atom is 0.0217 e. The molecule has 0 saturated heterocycles. The molecule has 131 valence electrons. The van der Waals surface area contributed by atoms with Crippen molar-refractivity contribution in [2.75, 3.05) is 0 Å². The van der Waals surface area contributed by atoms with Crippen LogP contribution in [0.1, 0.15) is 96.8 Å². The highest BCUT2D eigenvalue weighted by Crippen LogP contribution is 2.23. The molecule has 0 unspecified atom stereocenters. The van der Waals surface area contributed by atoms with Crippen LogP contribution in [0.25, 0.3) is 0 Å². The Morgan fingerprint density at radius 3 is 1.65 bits per heavy atom. The van der Waals surface area contributed by atoms with Crippen molar-refractivity contribution >= 4 is 11.8 Å². The molecular formula is C22H37S. The van der Waals surface area contributed by atoms with Crippen LogP contribution in [0.4, 0.5) is 0 Å². The molecule has 0 saturated carbocycles. The molecule has 0 aliphatic carbocycles. The molecular weight excluding hydrogens is 296 g/mol. The van der Waals surface area contributed by atoms with E-state index in [1.165, 1.54) is 94.8 Å². The van der Waals surface area contributed by atoms with E-state index in [4.69, 9.17) is 0 Å². The minimum absolute atomic E-state index is 1.25. The second kappa shape index (κ2) is 16.4. The van der Waals surface area contributed by atoms with Crippen LogP contribution in [-0.2, 0) is 0 Å². The minimum atomic E-state index is 1.25. The summed E-state index contributed by atoms with van der Waals surface area (Å²) < 4.78 is 0. The summed E-state index contributed by atoms with van der Waals surface area (Å²) in [6, 6.07) is 10.7. The molecule has 0 fully saturated rings. The maximum atomic E-state index is 2.37. The highest BCUT2D eigenvalue weighted by molar-refractivity contribution is 8.01. The van der Waals surface area contributed by atoms with Crippen LogP contribution in [0.3, 0.4) is 0 Å². The first-order valence-corrected chi connectivity index (χ1v) is 10.8. The summed E-state index contributed by atoms with van der Waals surface area (Å²) in [6.45, 7) is 2.29. The third-order valence-electron chi connectivity index (χ3n) is 4.39. The highest BCUT2D eigenvalue weighted by Gasteiger charge is 1.95. The van der Waals surface area contributed by atoms with E-state index in [9.17, 15) is 0 Å². The smallest absolute Gasteiger partial charge is 0.0217 e. The van der Waals surface area contributed by atoms with Crippen LogP contribution < -0.4 is 0 Å². The first kappa shape index (κ1) is 20.6. The monoisotopic (exact) mass is 333 g/mol. The van der Waals surface area contributed by atoms with Gasteiger partial charge in [-0.3, -0.25) is 0 Å². The average molecular weight is 334 g/mol. The van der Waals surface area contributed by atoms with Gasteiger partial charge in [0.2, 0.25) is 0 Å². The summed E-state index contributed by atoms with van der Waals surface area (Å²) in [5.74, 6) is 2.37. The molecule has 1 radical (unpaired) electrons. The van der Waals surface area contributed by atoms with Gasteiger partial charge in [0, 0.05) is 10.6 Å². The standard InChI is InChI=1S/C22H37S/c1-2-3-4-5-6-7-8-9-10-11-12-13-14-18-21-23-22-19-16-15-17-20-22/h15-17,19-21H,2-14,18H2,1H3. The Balaban J connectivity index is 1.72. The van der Waals surface area contributed by atoms with Gasteiger partial charge in [0.05, 0.1) is 0 Å². The zero-order valence-corrected chi connectivity index (χ0v) is 16.1. The van der Waals surface area contributed by atoms with Gasteiger partial charge in [0.1, 0.15) is 0 Å². The number of rotatable bonds is 16. The highest BCUT2D eigenvalue weighted by atomic mass is 32.2. The lowest BCUT2D eigenvalue weighted by Crippen LogP contribution is -1.83. The fourth-order valence-electron chi connectivity index (χ4n) is 2.90. The van der Waals surface area contributed by atoms with Gasteiger partial charge in [-0.15, -0.1) is 11.8 Å². The third-order valence-corrected chi connectivity index (χ3v) is 5.33. The van der Waals surface area contributed by atoms with E-state index < -0.39 is 0 Å². The number of benzene rings is 1. The lowest BCUT2D eigenvalue weighted by atomic mass is 10.0. The zero-order valence-electron chi connectivity index (χ0n) is 15.3. The van der Waals surface area contributed by atoms with Crippen molar-refractivity contribution in [3.63, 3.8) is 0 Å². The molecule has 0 aliphatic heterocycles. The Hall–Kier alpha value is -0.430. The molecule has 0 bridgehead atoms. The lowest BCUT2D eigenvalue weighted by Gasteiger charge is -2.03. The van der Waals surface area contributed by atoms with Gasteiger partial charge < -0.3 is 0 Å². The SMILES string of the molecule is CCCCCCCCCCCCCCC[CH]Sc1ccccc1. The first-order valence-electron chi connectivity index (χ1n) is 9.97. The van der Waals surface area contributed by atoms with E-state index >= 15 is 0 Å². The van der Waals surface area contributed by atoms with Crippen molar-refractivity contribution in [2.24, 2.45) is 0 Å². The van der Waals surface area contributed by atoms with Gasteiger partial charge in [0.25, 0.3) is 0 Å². The van der Waals surface area contributed by atoms with Gasteiger partial charge in [-0.2, -0.15) is 0 Å². The minimum Gasteiger partial charge on any atom is -0.122 e. The molecule has 0 heterocycles. The quantitative estimate of drug-likeness (QED) is 0.216. The Morgan fingerprint density at radius 1 is 0.652 bits per heavy atom. The Kier molecular flexibility index (Phi) is 14.7. The first-order chi connectivity index (χ1) is 11.4. The van der Waals surface area contributed by atoms with Crippen LogP contribution >= 0.6 is 11.8 Å². The van der Waals surface area contributed by atoms with E-state index in [-0.39, 0.29) is 0 Å². The summed E-state index contributed by atoms with van der Waals surface area (Å²) >= 11 is 1.88. The van der Waals surface area contributed by atoms with Gasteiger partial charge in [-0.1, -0.05) is 109 Å². The van der Waals surface area contributed by atoms with Crippen LogP contribution in [0.15, 0.2) is 35.2 Å². The molecule has 1 heteroatoms. The summed E-state index contributed by atoms with van der Waals surface area (Å²) in [5, 5.41) is 0. The van der Waals surface area contributed by atoms with Crippen LogP contribution in [-0.4, -0.2) is 0 Å². The van der Waals surface area contributed by atoms with Gasteiger partial charge in [0.15, 0.2) is 0 Å². The third kappa shape index (κ3) is 13.7. The molecule has 0 spiro atoms. The van der Waals surface area contributed by atoms with Crippen molar-refractivity contribution in [1.29, 1.82) is 0 Å². The summed E-state index contributed by atoms with van der Waals surface area (Å²) in [4.78, 5) is 1.36. The van der Waals surface area contributed by atoms with Crippen LogP contribution in [0.5, 0.6) is 0 Å². The molecule has 1 rings (SSSR count). The van der Waals surface area contributed by atoms with E-state index in [1.54, 1.807) is 0 Å². The Morgan fingerprint density at radius 2 is 1.13 bits per heavy atom. The molecule has 0 aromatic heterocycles. The number of thioether (sulfide) groups is 1. The van der Waals surface area contributed by atoms with Gasteiger partial charge in [-0.05, 0) is 18.6 Å². The van der Waals surface area contributed by atoms with E-state index in [0.717, 1.165) is 0 Å².